The number of aryl methyl sites for hydroxylation is 3. The number of hydrogen-bond donors (Lipinski definition) is 0. The largest absolute Gasteiger partial charge is 0.494 e. The van der Waals surface area contributed by atoms with Crippen LogP contribution < -0.4 is 4.74 Å². The molecule has 1 aromatic heterocycles. The Bertz CT molecular complexity index is 642. The smallest absolute Gasteiger partial charge is 0.155 e. The van der Waals surface area contributed by atoms with E-state index in [1.165, 1.54) is 11.1 Å². The number of methoxy groups -OCH3 is 1. The fourth-order valence-electron chi connectivity index (χ4n) is 1.98. The van der Waals surface area contributed by atoms with Crippen LogP contribution in [0.25, 0.3) is 0 Å². The minimum Gasteiger partial charge on any atom is -0.494 e. The Kier molecular flexibility index (Phi) is 3.87. The van der Waals surface area contributed by atoms with E-state index in [9.17, 15) is 0 Å². The van der Waals surface area contributed by atoms with E-state index in [1.54, 1.807) is 7.11 Å². The summed E-state index contributed by atoms with van der Waals surface area (Å²) in [6.07, 6.45) is 0. The molecule has 0 unspecified atom stereocenters. The van der Waals surface area contributed by atoms with E-state index in [0.717, 1.165) is 11.3 Å². The van der Waals surface area contributed by atoms with Gasteiger partial charge in [0.15, 0.2) is 11.4 Å². The van der Waals surface area contributed by atoms with Crippen LogP contribution in [0, 0.1) is 32.6 Å². The average Bonchev–Trinajstić information content (AvgIpc) is 2.35. The molecule has 1 aromatic carbocycles. The SMILES string of the molecule is COc1ccc(C)nc1C#Cc1cc(C)cc(C)c1. The summed E-state index contributed by atoms with van der Waals surface area (Å²) in [5.41, 5.74) is 5.05. The molecule has 0 aliphatic rings. The predicted octanol–water partition coefficient (Wildman–Crippen LogP) is 3.42. The summed E-state index contributed by atoms with van der Waals surface area (Å²) in [5, 5.41) is 0. The van der Waals surface area contributed by atoms with E-state index in [0.29, 0.717) is 11.4 Å². The molecular formula is C17H17NO. The third-order valence-corrected chi connectivity index (χ3v) is 2.76. The molecule has 0 saturated heterocycles. The van der Waals surface area contributed by atoms with Gasteiger partial charge in [0, 0.05) is 11.3 Å². The fraction of sp³-hybridized carbons (Fsp3) is 0.235. The molecule has 0 atom stereocenters. The van der Waals surface area contributed by atoms with Gasteiger partial charge in [0.2, 0.25) is 0 Å². The molecule has 0 saturated carbocycles. The van der Waals surface area contributed by atoms with Crippen LogP contribution in [0.1, 0.15) is 28.1 Å². The third kappa shape index (κ3) is 3.35. The van der Waals surface area contributed by atoms with Crippen molar-refractivity contribution in [2.75, 3.05) is 7.11 Å². The van der Waals surface area contributed by atoms with Gasteiger partial charge in [-0.3, -0.25) is 0 Å². The summed E-state index contributed by atoms with van der Waals surface area (Å²) in [6.45, 7) is 6.09. The highest BCUT2D eigenvalue weighted by Crippen LogP contribution is 2.15. The molecule has 0 fully saturated rings. The molecule has 0 bridgehead atoms. The Balaban J connectivity index is 2.41. The van der Waals surface area contributed by atoms with Crippen molar-refractivity contribution >= 4 is 0 Å². The van der Waals surface area contributed by atoms with Crippen LogP contribution in [0.15, 0.2) is 30.3 Å². The summed E-state index contributed by atoms with van der Waals surface area (Å²) >= 11 is 0. The van der Waals surface area contributed by atoms with Crippen LogP contribution in [0.4, 0.5) is 0 Å². The summed E-state index contributed by atoms with van der Waals surface area (Å²) in [7, 11) is 1.63. The van der Waals surface area contributed by atoms with Crippen molar-refractivity contribution in [3.8, 4) is 17.6 Å². The quantitative estimate of drug-likeness (QED) is 0.725. The van der Waals surface area contributed by atoms with Gasteiger partial charge in [-0.15, -0.1) is 0 Å². The maximum absolute atomic E-state index is 5.27. The lowest BCUT2D eigenvalue weighted by Gasteiger charge is -2.02. The first-order chi connectivity index (χ1) is 9.08. The first kappa shape index (κ1) is 13.2. The molecule has 2 heteroatoms. The summed E-state index contributed by atoms with van der Waals surface area (Å²) < 4.78 is 5.27. The minimum atomic E-state index is 0.682. The molecule has 0 aliphatic heterocycles. The first-order valence-electron chi connectivity index (χ1n) is 6.20. The molecule has 19 heavy (non-hydrogen) atoms. The number of benzene rings is 1. The number of rotatable bonds is 1. The number of hydrogen-bond acceptors (Lipinski definition) is 2. The van der Waals surface area contributed by atoms with E-state index in [2.05, 4.69) is 48.9 Å². The van der Waals surface area contributed by atoms with Gasteiger partial charge >= 0.3 is 0 Å². The second kappa shape index (κ2) is 5.58. The summed E-state index contributed by atoms with van der Waals surface area (Å²) in [6, 6.07) is 10.1. The van der Waals surface area contributed by atoms with Crippen molar-refractivity contribution in [2.24, 2.45) is 0 Å². The minimum absolute atomic E-state index is 0.682. The van der Waals surface area contributed by atoms with Crippen LogP contribution in [-0.4, -0.2) is 12.1 Å². The number of ether oxygens (including phenoxy) is 1. The summed E-state index contributed by atoms with van der Waals surface area (Å²) in [5.74, 6) is 6.95. The van der Waals surface area contributed by atoms with E-state index in [4.69, 9.17) is 4.74 Å². The van der Waals surface area contributed by atoms with Gasteiger partial charge in [-0.2, -0.15) is 0 Å². The maximum Gasteiger partial charge on any atom is 0.155 e. The van der Waals surface area contributed by atoms with Crippen LogP contribution in [0.3, 0.4) is 0 Å². The standard InChI is InChI=1S/C17H17NO/c1-12-9-13(2)11-15(10-12)6-7-16-17(19-4)8-5-14(3)18-16/h5,8-11H,1-4H3. The lowest BCUT2D eigenvalue weighted by atomic mass is 10.1. The molecule has 0 amide bonds. The molecule has 0 spiro atoms. The zero-order chi connectivity index (χ0) is 13.8. The predicted molar refractivity (Wildman–Crippen MR) is 77.4 cm³/mol. The Morgan fingerprint density at radius 2 is 1.63 bits per heavy atom. The number of aromatic nitrogens is 1. The highest BCUT2D eigenvalue weighted by Gasteiger charge is 2.01. The van der Waals surface area contributed by atoms with Gasteiger partial charge in [0.1, 0.15) is 0 Å². The molecule has 96 valence electrons. The van der Waals surface area contributed by atoms with Gasteiger partial charge in [0.05, 0.1) is 7.11 Å². The molecule has 1 heterocycles. The lowest BCUT2D eigenvalue weighted by molar-refractivity contribution is 0.411. The van der Waals surface area contributed by atoms with Gasteiger partial charge in [-0.05, 0) is 62.1 Å². The molecule has 2 aromatic rings. The van der Waals surface area contributed by atoms with E-state index in [-0.39, 0.29) is 0 Å². The Hall–Kier alpha value is -2.27. The molecule has 2 nitrogen and oxygen atoms in total. The molecule has 0 N–H and O–H groups in total. The Labute approximate surface area is 114 Å². The highest BCUT2D eigenvalue weighted by atomic mass is 16.5. The fourth-order valence-corrected chi connectivity index (χ4v) is 1.98. The van der Waals surface area contributed by atoms with Crippen molar-refractivity contribution in [1.29, 1.82) is 0 Å². The normalized spacial score (nSPS) is 9.68. The van der Waals surface area contributed by atoms with Crippen LogP contribution in [-0.2, 0) is 0 Å². The first-order valence-corrected chi connectivity index (χ1v) is 6.20. The Morgan fingerprint density at radius 3 is 2.26 bits per heavy atom. The number of nitrogens with zero attached hydrogens (tertiary/aromatic N) is 1. The number of pyridine rings is 1. The van der Waals surface area contributed by atoms with Crippen molar-refractivity contribution in [3.05, 3.63) is 58.4 Å². The molecule has 2 rings (SSSR count). The van der Waals surface area contributed by atoms with Crippen molar-refractivity contribution < 1.29 is 4.74 Å². The van der Waals surface area contributed by atoms with Gasteiger partial charge in [-0.25, -0.2) is 4.98 Å². The van der Waals surface area contributed by atoms with Crippen LogP contribution in [0.5, 0.6) is 5.75 Å². The zero-order valence-corrected chi connectivity index (χ0v) is 11.7. The highest BCUT2D eigenvalue weighted by molar-refractivity contribution is 5.47. The monoisotopic (exact) mass is 251 g/mol. The van der Waals surface area contributed by atoms with Crippen LogP contribution >= 0.6 is 0 Å². The second-order valence-corrected chi connectivity index (χ2v) is 4.63. The topological polar surface area (TPSA) is 22.1 Å². The van der Waals surface area contributed by atoms with Gasteiger partial charge in [-0.1, -0.05) is 12.0 Å². The average molecular weight is 251 g/mol. The lowest BCUT2D eigenvalue weighted by Crippen LogP contribution is -1.93. The Morgan fingerprint density at radius 1 is 0.947 bits per heavy atom. The third-order valence-electron chi connectivity index (χ3n) is 2.76. The molecule has 0 radical (unpaired) electrons. The molecular weight excluding hydrogens is 234 g/mol. The molecule has 0 aliphatic carbocycles. The van der Waals surface area contributed by atoms with Gasteiger partial charge in [0.25, 0.3) is 0 Å². The maximum atomic E-state index is 5.27. The van der Waals surface area contributed by atoms with E-state index >= 15 is 0 Å². The van der Waals surface area contributed by atoms with Crippen molar-refractivity contribution in [1.82, 2.24) is 4.98 Å². The van der Waals surface area contributed by atoms with Gasteiger partial charge < -0.3 is 4.74 Å². The summed E-state index contributed by atoms with van der Waals surface area (Å²) in [4.78, 5) is 4.41. The second-order valence-electron chi connectivity index (χ2n) is 4.63. The van der Waals surface area contributed by atoms with Crippen molar-refractivity contribution in [3.63, 3.8) is 0 Å². The van der Waals surface area contributed by atoms with Crippen molar-refractivity contribution in [2.45, 2.75) is 20.8 Å². The van der Waals surface area contributed by atoms with E-state index < -0.39 is 0 Å². The van der Waals surface area contributed by atoms with E-state index in [1.807, 2.05) is 19.1 Å². The zero-order valence-electron chi connectivity index (χ0n) is 11.7. The van der Waals surface area contributed by atoms with Crippen LogP contribution in [0.2, 0.25) is 0 Å².